The molecular formula is C23H21F3N2O4S. The Hall–Kier alpha value is -2.85. The number of fused-ring (bicyclic) bond motifs is 7. The molecule has 2 heterocycles. The molecule has 4 bridgehead atoms. The van der Waals surface area contributed by atoms with Crippen molar-refractivity contribution in [3.63, 3.8) is 0 Å². The van der Waals surface area contributed by atoms with E-state index in [0.29, 0.717) is 30.8 Å². The number of nitrogens with one attached hydrogen (secondary N) is 1. The summed E-state index contributed by atoms with van der Waals surface area (Å²) >= 11 is 0. The zero-order valence-electron chi connectivity index (χ0n) is 17.7. The third kappa shape index (κ3) is 4.13. The Bertz CT molecular complexity index is 1340. The second-order valence-electron chi connectivity index (χ2n) is 8.76. The summed E-state index contributed by atoms with van der Waals surface area (Å²) in [4.78, 5) is 4.50. The van der Waals surface area contributed by atoms with Gasteiger partial charge in [0.15, 0.2) is 11.6 Å². The van der Waals surface area contributed by atoms with Gasteiger partial charge < -0.3 is 9.15 Å². The standard InChI is InChI=1S/C23H21F3N2O4S/c1-33(29,30)28-15-6-7-23(10-15)9-14-8-13(2-3-17(14)24)20-18(25)4-5-19(26)21(20)31-11-16-12-32-22(23)27-16/h2-5,8,12,15,28H,6-7,9-11H2,1H3/t15-,23+/m0/s1. The smallest absolute Gasteiger partial charge is 0.208 e. The molecule has 10 heteroatoms. The summed E-state index contributed by atoms with van der Waals surface area (Å²) < 4.78 is 81.8. The van der Waals surface area contributed by atoms with Crippen molar-refractivity contribution in [2.45, 2.75) is 43.7 Å². The highest BCUT2D eigenvalue weighted by Gasteiger charge is 2.45. The Morgan fingerprint density at radius 1 is 1.12 bits per heavy atom. The Morgan fingerprint density at radius 3 is 2.67 bits per heavy atom. The molecule has 3 aromatic rings. The zero-order chi connectivity index (χ0) is 23.4. The molecule has 1 fully saturated rings. The van der Waals surface area contributed by atoms with Crippen molar-refractivity contribution in [3.8, 4) is 16.9 Å². The number of halogens is 3. The van der Waals surface area contributed by atoms with Gasteiger partial charge in [-0.25, -0.2) is 31.3 Å². The summed E-state index contributed by atoms with van der Waals surface area (Å²) in [7, 11) is -3.44. The van der Waals surface area contributed by atoms with Gasteiger partial charge in [-0.05, 0) is 61.1 Å². The van der Waals surface area contributed by atoms with Crippen LogP contribution in [0.3, 0.4) is 0 Å². The van der Waals surface area contributed by atoms with Crippen molar-refractivity contribution in [2.24, 2.45) is 0 Å². The first-order valence-corrected chi connectivity index (χ1v) is 12.3. The fourth-order valence-corrected chi connectivity index (χ4v) is 5.70. The van der Waals surface area contributed by atoms with Crippen LogP contribution in [0.2, 0.25) is 0 Å². The molecule has 2 aliphatic rings. The summed E-state index contributed by atoms with van der Waals surface area (Å²) in [5.41, 5.74) is 0.0353. The van der Waals surface area contributed by atoms with Gasteiger partial charge in [0.05, 0.1) is 17.2 Å². The normalized spacial score (nSPS) is 22.4. The molecule has 0 saturated heterocycles. The van der Waals surface area contributed by atoms with Gasteiger partial charge in [0.1, 0.15) is 30.2 Å². The molecule has 0 radical (unpaired) electrons. The number of hydrogen-bond donors (Lipinski definition) is 1. The van der Waals surface area contributed by atoms with Crippen LogP contribution >= 0.6 is 0 Å². The van der Waals surface area contributed by atoms with Crippen LogP contribution in [0.15, 0.2) is 41.0 Å². The molecule has 1 aromatic heterocycles. The lowest BCUT2D eigenvalue weighted by atomic mass is 9.79. The monoisotopic (exact) mass is 478 g/mol. The quantitative estimate of drug-likeness (QED) is 0.596. The second-order valence-corrected chi connectivity index (χ2v) is 10.5. The van der Waals surface area contributed by atoms with E-state index in [9.17, 15) is 21.6 Å². The SMILES string of the molecule is CS(=O)(=O)N[C@H]1CC[C@@]2(Cc3cc(ccc3F)-c3c(F)ccc(F)c3OCc3coc2n3)C1. The number of benzene rings is 2. The maximum atomic E-state index is 14.9. The minimum Gasteiger partial charge on any atom is -0.483 e. The minimum absolute atomic E-state index is 0.0994. The first-order valence-electron chi connectivity index (χ1n) is 10.5. The Labute approximate surface area is 188 Å². The molecule has 174 valence electrons. The molecule has 1 spiro atoms. The molecule has 6 nitrogen and oxygen atoms in total. The van der Waals surface area contributed by atoms with E-state index in [1.165, 1.54) is 24.5 Å². The van der Waals surface area contributed by atoms with Crippen LogP contribution in [0, 0.1) is 17.5 Å². The third-order valence-corrected chi connectivity index (χ3v) is 7.04. The van der Waals surface area contributed by atoms with Crippen molar-refractivity contribution in [3.05, 3.63) is 71.2 Å². The predicted molar refractivity (Wildman–Crippen MR) is 114 cm³/mol. The number of nitrogens with zero attached hydrogens (tertiary/aromatic N) is 1. The van der Waals surface area contributed by atoms with Gasteiger partial charge in [-0.15, -0.1) is 0 Å². The van der Waals surface area contributed by atoms with Crippen LogP contribution in [-0.2, 0) is 28.5 Å². The molecule has 0 amide bonds. The van der Waals surface area contributed by atoms with Gasteiger partial charge in [-0.2, -0.15) is 0 Å². The predicted octanol–water partition coefficient (Wildman–Crippen LogP) is 4.23. The molecule has 1 saturated carbocycles. The van der Waals surface area contributed by atoms with E-state index in [1.807, 2.05) is 0 Å². The average molecular weight is 478 g/mol. The Kier molecular flexibility index (Phi) is 5.24. The van der Waals surface area contributed by atoms with E-state index in [-0.39, 0.29) is 41.5 Å². The van der Waals surface area contributed by atoms with Gasteiger partial charge in [-0.1, -0.05) is 6.07 Å². The van der Waals surface area contributed by atoms with E-state index in [4.69, 9.17) is 9.15 Å². The van der Waals surface area contributed by atoms with E-state index >= 15 is 0 Å². The van der Waals surface area contributed by atoms with Gasteiger partial charge >= 0.3 is 0 Å². The number of aromatic nitrogens is 1. The topological polar surface area (TPSA) is 81.4 Å². The first kappa shape index (κ1) is 22.0. The molecule has 1 aliphatic heterocycles. The Morgan fingerprint density at radius 2 is 1.88 bits per heavy atom. The van der Waals surface area contributed by atoms with Crippen molar-refractivity contribution in [1.82, 2.24) is 9.71 Å². The average Bonchev–Trinajstić information content (AvgIpc) is 3.37. The molecule has 1 N–H and O–H groups in total. The molecule has 1 aliphatic carbocycles. The largest absolute Gasteiger partial charge is 0.483 e. The fourth-order valence-electron chi connectivity index (χ4n) is 4.90. The number of hydrogen-bond acceptors (Lipinski definition) is 5. The summed E-state index contributed by atoms with van der Waals surface area (Å²) in [6.45, 7) is -0.161. The van der Waals surface area contributed by atoms with Crippen LogP contribution in [-0.4, -0.2) is 25.7 Å². The van der Waals surface area contributed by atoms with E-state index < -0.39 is 32.9 Å². The number of sulfonamides is 1. The fraction of sp³-hybridized carbons (Fsp3) is 0.348. The molecular weight excluding hydrogens is 457 g/mol. The highest BCUT2D eigenvalue weighted by molar-refractivity contribution is 7.88. The van der Waals surface area contributed by atoms with Crippen LogP contribution in [0.4, 0.5) is 13.2 Å². The maximum Gasteiger partial charge on any atom is 0.208 e. The summed E-state index contributed by atoms with van der Waals surface area (Å²) in [5, 5.41) is 0. The highest BCUT2D eigenvalue weighted by Crippen LogP contribution is 2.45. The summed E-state index contributed by atoms with van der Waals surface area (Å²) in [6, 6.07) is 5.68. The van der Waals surface area contributed by atoms with Crippen molar-refractivity contribution in [2.75, 3.05) is 6.26 Å². The molecule has 5 rings (SSSR count). The first-order chi connectivity index (χ1) is 15.6. The lowest BCUT2D eigenvalue weighted by Gasteiger charge is -2.27. The van der Waals surface area contributed by atoms with Crippen LogP contribution in [0.5, 0.6) is 5.75 Å². The van der Waals surface area contributed by atoms with E-state index in [2.05, 4.69) is 9.71 Å². The van der Waals surface area contributed by atoms with Crippen molar-refractivity contribution < 1.29 is 30.7 Å². The lowest BCUT2D eigenvalue weighted by Crippen LogP contribution is -2.35. The summed E-state index contributed by atoms with van der Waals surface area (Å²) in [5.74, 6) is -1.91. The molecule has 33 heavy (non-hydrogen) atoms. The van der Waals surface area contributed by atoms with Gasteiger partial charge in [0.25, 0.3) is 0 Å². The van der Waals surface area contributed by atoms with Gasteiger partial charge in [-0.3, -0.25) is 0 Å². The number of ether oxygens (including phenoxy) is 1. The molecule has 0 unspecified atom stereocenters. The second kappa shape index (κ2) is 7.88. The van der Waals surface area contributed by atoms with Crippen LogP contribution < -0.4 is 9.46 Å². The molecule has 2 aromatic carbocycles. The van der Waals surface area contributed by atoms with Crippen LogP contribution in [0.1, 0.15) is 36.4 Å². The third-order valence-electron chi connectivity index (χ3n) is 6.28. The number of oxazole rings is 1. The lowest BCUT2D eigenvalue weighted by molar-refractivity contribution is 0.285. The van der Waals surface area contributed by atoms with E-state index in [0.717, 1.165) is 18.4 Å². The minimum atomic E-state index is -3.44. The zero-order valence-corrected chi connectivity index (χ0v) is 18.5. The van der Waals surface area contributed by atoms with Gasteiger partial charge in [0.2, 0.25) is 15.9 Å². The molecule has 2 atom stereocenters. The Balaban J connectivity index is 1.65. The van der Waals surface area contributed by atoms with E-state index in [1.54, 1.807) is 0 Å². The number of rotatable bonds is 2. The van der Waals surface area contributed by atoms with Crippen LogP contribution in [0.25, 0.3) is 11.1 Å². The maximum absolute atomic E-state index is 14.9. The van der Waals surface area contributed by atoms with Crippen molar-refractivity contribution in [1.29, 1.82) is 0 Å². The highest BCUT2D eigenvalue weighted by atomic mass is 32.2. The van der Waals surface area contributed by atoms with Gasteiger partial charge in [0, 0.05) is 6.04 Å². The van der Waals surface area contributed by atoms with Crippen molar-refractivity contribution >= 4 is 10.0 Å². The summed E-state index contributed by atoms with van der Waals surface area (Å²) in [6.07, 6.45) is 3.99.